The van der Waals surface area contributed by atoms with Crippen LogP contribution < -0.4 is 5.73 Å². The van der Waals surface area contributed by atoms with Crippen LogP contribution in [0.25, 0.3) is 0 Å². The molecule has 1 aliphatic heterocycles. The topological polar surface area (TPSA) is 61.5 Å². The van der Waals surface area contributed by atoms with Gasteiger partial charge < -0.3 is 15.2 Å². The monoisotopic (exact) mass is 117 g/mol. The molecule has 1 aliphatic rings. The molecule has 0 saturated carbocycles. The van der Waals surface area contributed by atoms with E-state index in [1.54, 1.807) is 0 Å². The van der Waals surface area contributed by atoms with Crippen molar-refractivity contribution in [2.24, 2.45) is 5.73 Å². The molecule has 0 amide bonds. The van der Waals surface area contributed by atoms with Crippen molar-refractivity contribution in [2.75, 3.05) is 13.2 Å². The lowest BCUT2D eigenvalue weighted by Crippen LogP contribution is -2.21. The third-order valence-corrected chi connectivity index (χ3v) is 0.913. The van der Waals surface area contributed by atoms with Gasteiger partial charge in [0.15, 0.2) is 6.10 Å². The maximum Gasteiger partial charge on any atom is 0.508 e. The molecular weight excluding hydrogens is 110 g/mol. The second-order valence-corrected chi connectivity index (χ2v) is 1.54. The van der Waals surface area contributed by atoms with Crippen molar-refractivity contribution in [3.05, 3.63) is 0 Å². The highest BCUT2D eigenvalue weighted by Gasteiger charge is 2.22. The summed E-state index contributed by atoms with van der Waals surface area (Å²) in [6.45, 7) is 0.640. The Morgan fingerprint density at radius 3 is 2.88 bits per heavy atom. The lowest BCUT2D eigenvalue weighted by molar-refractivity contribution is 0.119. The molecule has 8 heavy (non-hydrogen) atoms. The van der Waals surface area contributed by atoms with E-state index in [-0.39, 0.29) is 6.10 Å². The van der Waals surface area contributed by atoms with Gasteiger partial charge in [0.05, 0.1) is 0 Å². The van der Waals surface area contributed by atoms with Gasteiger partial charge >= 0.3 is 6.16 Å². The van der Waals surface area contributed by atoms with Gasteiger partial charge in [0.25, 0.3) is 0 Å². The van der Waals surface area contributed by atoms with Crippen LogP contribution in [0.4, 0.5) is 4.79 Å². The molecule has 0 spiro atoms. The minimum absolute atomic E-state index is 0.220. The summed E-state index contributed by atoms with van der Waals surface area (Å²) >= 11 is 0. The average Bonchev–Trinajstić information content (AvgIpc) is 2.14. The molecule has 0 aromatic heterocycles. The van der Waals surface area contributed by atoms with Crippen molar-refractivity contribution in [3.63, 3.8) is 0 Å². The van der Waals surface area contributed by atoms with Crippen molar-refractivity contribution in [3.8, 4) is 0 Å². The number of cyclic esters (lactones) is 2. The largest absolute Gasteiger partial charge is 0.508 e. The van der Waals surface area contributed by atoms with Crippen molar-refractivity contribution in [1.82, 2.24) is 0 Å². The molecule has 4 nitrogen and oxygen atoms in total. The number of carbonyl (C=O) groups excluding carboxylic acids is 1. The van der Waals surface area contributed by atoms with Gasteiger partial charge in [0, 0.05) is 6.54 Å². The van der Waals surface area contributed by atoms with Crippen molar-refractivity contribution >= 4 is 6.16 Å². The molecule has 4 heteroatoms. The van der Waals surface area contributed by atoms with Crippen molar-refractivity contribution in [1.29, 1.82) is 0 Å². The minimum Gasteiger partial charge on any atom is -0.430 e. The fraction of sp³-hybridized carbons (Fsp3) is 0.750. The van der Waals surface area contributed by atoms with E-state index in [4.69, 9.17) is 5.73 Å². The quantitative estimate of drug-likeness (QED) is 0.469. The first-order valence-corrected chi connectivity index (χ1v) is 2.36. The van der Waals surface area contributed by atoms with Crippen LogP contribution in [-0.4, -0.2) is 25.4 Å². The highest BCUT2D eigenvalue weighted by Crippen LogP contribution is 2.02. The second-order valence-electron chi connectivity index (χ2n) is 1.54. The standard InChI is InChI=1S/C4H7NO3/c5-1-3-2-7-4(6)8-3/h3H,1-2,5H2/t3-/m0/s1. The number of hydrogen-bond acceptors (Lipinski definition) is 4. The van der Waals surface area contributed by atoms with E-state index in [0.29, 0.717) is 13.2 Å². The summed E-state index contributed by atoms with van der Waals surface area (Å²) in [5.41, 5.74) is 5.14. The Balaban J connectivity index is 2.32. The Labute approximate surface area is 46.6 Å². The van der Waals surface area contributed by atoms with Crippen LogP contribution in [0.3, 0.4) is 0 Å². The van der Waals surface area contributed by atoms with Gasteiger partial charge in [-0.25, -0.2) is 4.79 Å². The van der Waals surface area contributed by atoms with E-state index in [1.165, 1.54) is 0 Å². The smallest absolute Gasteiger partial charge is 0.430 e. The van der Waals surface area contributed by atoms with Crippen LogP contribution in [0.2, 0.25) is 0 Å². The Hall–Kier alpha value is -0.770. The highest BCUT2D eigenvalue weighted by atomic mass is 16.8. The third-order valence-electron chi connectivity index (χ3n) is 0.913. The highest BCUT2D eigenvalue weighted by molar-refractivity contribution is 5.61. The summed E-state index contributed by atoms with van der Waals surface area (Å²) in [5.74, 6) is 0. The Bertz CT molecular complexity index is 103. The van der Waals surface area contributed by atoms with Gasteiger partial charge in [0.1, 0.15) is 6.61 Å². The molecule has 2 N–H and O–H groups in total. The average molecular weight is 117 g/mol. The zero-order valence-corrected chi connectivity index (χ0v) is 4.29. The molecule has 1 fully saturated rings. The van der Waals surface area contributed by atoms with E-state index < -0.39 is 6.16 Å². The number of carbonyl (C=O) groups is 1. The van der Waals surface area contributed by atoms with E-state index in [0.717, 1.165) is 0 Å². The van der Waals surface area contributed by atoms with Crippen LogP contribution in [0.15, 0.2) is 0 Å². The minimum atomic E-state index is -0.611. The van der Waals surface area contributed by atoms with Crippen molar-refractivity contribution in [2.45, 2.75) is 6.10 Å². The van der Waals surface area contributed by atoms with Gasteiger partial charge in [-0.2, -0.15) is 0 Å². The summed E-state index contributed by atoms with van der Waals surface area (Å²) in [6.07, 6.45) is -0.831. The summed E-state index contributed by atoms with van der Waals surface area (Å²) in [6, 6.07) is 0. The van der Waals surface area contributed by atoms with E-state index in [9.17, 15) is 4.79 Å². The lowest BCUT2D eigenvalue weighted by Gasteiger charge is -1.97. The molecule has 1 saturated heterocycles. The lowest BCUT2D eigenvalue weighted by atomic mass is 10.4. The molecule has 0 unspecified atom stereocenters. The van der Waals surface area contributed by atoms with E-state index >= 15 is 0 Å². The number of nitrogens with two attached hydrogens (primary N) is 1. The summed E-state index contributed by atoms with van der Waals surface area (Å²) < 4.78 is 8.94. The predicted octanol–water partition coefficient (Wildman–Crippen LogP) is -0.520. The summed E-state index contributed by atoms with van der Waals surface area (Å²) in [4.78, 5) is 10.1. The van der Waals surface area contributed by atoms with Crippen LogP contribution in [0.1, 0.15) is 0 Å². The van der Waals surface area contributed by atoms with E-state index in [2.05, 4.69) is 9.47 Å². The van der Waals surface area contributed by atoms with Gasteiger partial charge in [-0.15, -0.1) is 0 Å². The zero-order valence-electron chi connectivity index (χ0n) is 4.29. The summed E-state index contributed by atoms with van der Waals surface area (Å²) in [5, 5.41) is 0. The Morgan fingerprint density at radius 2 is 2.62 bits per heavy atom. The molecule has 1 rings (SSSR count). The molecule has 0 radical (unpaired) electrons. The third kappa shape index (κ3) is 0.894. The van der Waals surface area contributed by atoms with Crippen LogP contribution in [-0.2, 0) is 9.47 Å². The molecule has 46 valence electrons. The molecular formula is C4H7NO3. The first-order chi connectivity index (χ1) is 3.83. The van der Waals surface area contributed by atoms with E-state index in [1.807, 2.05) is 0 Å². The Morgan fingerprint density at radius 1 is 1.88 bits per heavy atom. The molecule has 0 aromatic rings. The molecule has 1 atom stereocenters. The maximum atomic E-state index is 10.1. The normalized spacial score (nSPS) is 27.1. The number of rotatable bonds is 1. The molecule has 1 heterocycles. The van der Waals surface area contributed by atoms with Crippen LogP contribution >= 0.6 is 0 Å². The zero-order chi connectivity index (χ0) is 5.98. The van der Waals surface area contributed by atoms with Crippen molar-refractivity contribution < 1.29 is 14.3 Å². The number of ether oxygens (including phenoxy) is 2. The fourth-order valence-corrected chi connectivity index (χ4v) is 0.481. The molecule has 0 aromatic carbocycles. The number of hydrogen-bond donors (Lipinski definition) is 1. The SMILES string of the molecule is NC[C@H]1COC(=O)O1. The van der Waals surface area contributed by atoms with Gasteiger partial charge in [-0.05, 0) is 0 Å². The molecule has 0 aliphatic carbocycles. The van der Waals surface area contributed by atoms with Gasteiger partial charge in [-0.1, -0.05) is 0 Å². The summed E-state index contributed by atoms with van der Waals surface area (Å²) in [7, 11) is 0. The first-order valence-electron chi connectivity index (χ1n) is 2.36. The van der Waals surface area contributed by atoms with Crippen LogP contribution in [0.5, 0.6) is 0 Å². The second kappa shape index (κ2) is 2.00. The molecule has 0 bridgehead atoms. The Kier molecular flexibility index (Phi) is 1.34. The maximum absolute atomic E-state index is 10.1. The van der Waals surface area contributed by atoms with Crippen LogP contribution in [0, 0.1) is 0 Å². The van der Waals surface area contributed by atoms with Gasteiger partial charge in [0.2, 0.25) is 0 Å². The first kappa shape index (κ1) is 5.37. The predicted molar refractivity (Wildman–Crippen MR) is 25.3 cm³/mol. The fourth-order valence-electron chi connectivity index (χ4n) is 0.481. The van der Waals surface area contributed by atoms with Gasteiger partial charge in [-0.3, -0.25) is 0 Å².